The molecule has 0 aliphatic rings. The van der Waals surface area contributed by atoms with Gasteiger partial charge in [0.1, 0.15) is 13.2 Å². The Bertz CT molecular complexity index is 254. The highest BCUT2D eigenvalue weighted by Gasteiger charge is 2.23. The quantitative estimate of drug-likeness (QED) is 0.292. The van der Waals surface area contributed by atoms with Gasteiger partial charge < -0.3 is 29.9 Å². The molecule has 0 saturated carbocycles. The number of hydrogen-bond donors (Lipinski definition) is 4. The van der Waals surface area contributed by atoms with Crippen LogP contribution in [0.15, 0.2) is 11.5 Å². The van der Waals surface area contributed by atoms with Crippen molar-refractivity contribution in [3.8, 4) is 0 Å². The number of ether oxygens (including phenoxy) is 2. The molecule has 0 atom stereocenters. The minimum atomic E-state index is -1.64. The van der Waals surface area contributed by atoms with Crippen LogP contribution in [0.2, 0.25) is 0 Å². The van der Waals surface area contributed by atoms with Gasteiger partial charge in [0.05, 0.1) is 13.2 Å². The normalized spacial score (nSPS) is 11.6. The van der Waals surface area contributed by atoms with E-state index in [0.717, 1.165) is 0 Å². The van der Waals surface area contributed by atoms with Crippen molar-refractivity contribution in [2.45, 2.75) is 0 Å². The van der Waals surface area contributed by atoms with Crippen LogP contribution in [0.5, 0.6) is 0 Å². The Morgan fingerprint density at radius 1 is 0.812 bits per heavy atom. The van der Waals surface area contributed by atoms with E-state index in [2.05, 4.69) is 9.47 Å². The Balaban J connectivity index is 4.94. The Hall–Kier alpha value is -1.80. The third-order valence-electron chi connectivity index (χ3n) is 1.27. The Kier molecular flexibility index (Phi) is 6.64. The zero-order chi connectivity index (χ0) is 12.6. The van der Waals surface area contributed by atoms with E-state index in [1.54, 1.807) is 0 Å². The fourth-order valence-corrected chi connectivity index (χ4v) is 0.744. The minimum Gasteiger partial charge on any atom is -0.481 e. The highest BCUT2D eigenvalue weighted by Crippen LogP contribution is 2.09. The average molecular weight is 236 g/mol. The van der Waals surface area contributed by atoms with Crippen LogP contribution in [0.3, 0.4) is 0 Å². The maximum atomic E-state index is 10.6. The Labute approximate surface area is 90.3 Å². The van der Waals surface area contributed by atoms with Crippen LogP contribution in [0.1, 0.15) is 0 Å². The van der Waals surface area contributed by atoms with Gasteiger partial charge in [0, 0.05) is 0 Å². The molecule has 0 aromatic carbocycles. The first-order chi connectivity index (χ1) is 7.54. The summed E-state index contributed by atoms with van der Waals surface area (Å²) in [5.74, 6) is -5.11. The molecule has 8 nitrogen and oxygen atoms in total. The molecule has 0 radical (unpaired) electrons. The molecule has 0 heterocycles. The van der Waals surface area contributed by atoms with Gasteiger partial charge in [0.15, 0.2) is 0 Å². The van der Waals surface area contributed by atoms with Crippen molar-refractivity contribution in [3.05, 3.63) is 11.5 Å². The van der Waals surface area contributed by atoms with E-state index in [9.17, 15) is 9.59 Å². The van der Waals surface area contributed by atoms with Gasteiger partial charge >= 0.3 is 11.9 Å². The second-order valence-corrected chi connectivity index (χ2v) is 2.41. The summed E-state index contributed by atoms with van der Waals surface area (Å²) in [7, 11) is 0. The van der Waals surface area contributed by atoms with Gasteiger partial charge in [-0.25, -0.2) is 9.59 Å². The molecule has 0 aliphatic carbocycles. The third kappa shape index (κ3) is 4.62. The number of aliphatic hydroxyl groups is 2. The van der Waals surface area contributed by atoms with Gasteiger partial charge in [0.2, 0.25) is 0 Å². The van der Waals surface area contributed by atoms with E-state index in [4.69, 9.17) is 20.4 Å². The van der Waals surface area contributed by atoms with Crippen LogP contribution >= 0.6 is 0 Å². The summed E-state index contributed by atoms with van der Waals surface area (Å²) in [4.78, 5) is 21.3. The number of rotatable bonds is 8. The monoisotopic (exact) mass is 236 g/mol. The van der Waals surface area contributed by atoms with Gasteiger partial charge in [0.25, 0.3) is 11.5 Å². The van der Waals surface area contributed by atoms with Gasteiger partial charge in [-0.1, -0.05) is 0 Å². The number of carbonyl (C=O) groups is 2. The van der Waals surface area contributed by atoms with Crippen molar-refractivity contribution in [2.24, 2.45) is 0 Å². The molecular weight excluding hydrogens is 224 g/mol. The highest BCUT2D eigenvalue weighted by atomic mass is 16.6. The first kappa shape index (κ1) is 14.2. The van der Waals surface area contributed by atoms with Crippen molar-refractivity contribution in [1.29, 1.82) is 0 Å². The van der Waals surface area contributed by atoms with Gasteiger partial charge in [-0.3, -0.25) is 0 Å². The first-order valence-corrected chi connectivity index (χ1v) is 4.22. The fraction of sp³-hybridized carbons (Fsp3) is 0.500. The SMILES string of the molecule is O=C(O)/C(OCCO)=C(/OCCO)C(=O)O. The maximum Gasteiger partial charge on any atom is 0.375 e. The summed E-state index contributed by atoms with van der Waals surface area (Å²) in [5, 5.41) is 34.1. The molecule has 4 N–H and O–H groups in total. The van der Waals surface area contributed by atoms with E-state index in [1.165, 1.54) is 0 Å². The standard InChI is InChI=1S/C8H12O8/c9-1-3-15-5(7(11)12)6(8(13)14)16-4-2-10/h9-10H,1-4H2,(H,11,12)(H,13,14)/b6-5-. The lowest BCUT2D eigenvalue weighted by molar-refractivity contribution is -0.142. The molecule has 0 amide bonds. The van der Waals surface area contributed by atoms with Crippen LogP contribution in [-0.4, -0.2) is 58.8 Å². The zero-order valence-corrected chi connectivity index (χ0v) is 8.25. The third-order valence-corrected chi connectivity index (χ3v) is 1.27. The maximum absolute atomic E-state index is 10.6. The topological polar surface area (TPSA) is 134 Å². The average Bonchev–Trinajstić information content (AvgIpc) is 2.21. The molecule has 0 aliphatic heterocycles. The number of aliphatic carboxylic acids is 2. The predicted octanol–water partition coefficient (Wildman–Crippen LogP) is -1.61. The number of carboxylic acid groups (broad SMARTS) is 2. The fourth-order valence-electron chi connectivity index (χ4n) is 0.744. The second kappa shape index (κ2) is 7.49. The van der Waals surface area contributed by atoms with E-state index in [-0.39, 0.29) is 13.2 Å². The molecule has 0 aromatic rings. The molecule has 0 spiro atoms. The van der Waals surface area contributed by atoms with Crippen LogP contribution in [-0.2, 0) is 19.1 Å². The first-order valence-electron chi connectivity index (χ1n) is 4.22. The molecule has 92 valence electrons. The summed E-state index contributed by atoms with van der Waals surface area (Å²) in [6.45, 7) is -1.69. The van der Waals surface area contributed by atoms with Crippen LogP contribution < -0.4 is 0 Å². The number of aliphatic hydroxyl groups excluding tert-OH is 2. The molecule has 0 saturated heterocycles. The van der Waals surface area contributed by atoms with Crippen LogP contribution in [0, 0.1) is 0 Å². The summed E-state index contributed by atoms with van der Waals surface area (Å²) in [5.41, 5.74) is 0. The predicted molar refractivity (Wildman–Crippen MR) is 48.4 cm³/mol. The molecule has 16 heavy (non-hydrogen) atoms. The van der Waals surface area contributed by atoms with Gasteiger partial charge in [-0.05, 0) is 0 Å². The van der Waals surface area contributed by atoms with E-state index in [1.807, 2.05) is 0 Å². The summed E-state index contributed by atoms with van der Waals surface area (Å²) in [6.07, 6.45) is 0. The van der Waals surface area contributed by atoms with Crippen molar-refractivity contribution in [2.75, 3.05) is 26.4 Å². The Morgan fingerprint density at radius 3 is 1.31 bits per heavy atom. The van der Waals surface area contributed by atoms with Crippen molar-refractivity contribution in [1.82, 2.24) is 0 Å². The molecule has 0 fully saturated rings. The lowest BCUT2D eigenvalue weighted by Crippen LogP contribution is -2.18. The zero-order valence-electron chi connectivity index (χ0n) is 8.25. The number of hydrogen-bond acceptors (Lipinski definition) is 6. The molecule has 0 aromatic heterocycles. The highest BCUT2D eigenvalue weighted by molar-refractivity contribution is 5.95. The largest absolute Gasteiger partial charge is 0.481 e. The minimum absolute atomic E-state index is 0.374. The lowest BCUT2D eigenvalue weighted by Gasteiger charge is -2.10. The van der Waals surface area contributed by atoms with Gasteiger partial charge in [-0.15, -0.1) is 0 Å². The van der Waals surface area contributed by atoms with Crippen molar-refractivity contribution >= 4 is 11.9 Å². The number of carboxylic acids is 2. The second-order valence-electron chi connectivity index (χ2n) is 2.41. The summed E-state index contributed by atoms with van der Waals surface area (Å²) in [6, 6.07) is 0. The molecule has 0 bridgehead atoms. The molecule has 0 unspecified atom stereocenters. The van der Waals surface area contributed by atoms with E-state index in [0.29, 0.717) is 0 Å². The molecule has 8 heteroatoms. The van der Waals surface area contributed by atoms with Crippen LogP contribution in [0.4, 0.5) is 0 Å². The van der Waals surface area contributed by atoms with E-state index >= 15 is 0 Å². The van der Waals surface area contributed by atoms with Crippen molar-refractivity contribution in [3.63, 3.8) is 0 Å². The smallest absolute Gasteiger partial charge is 0.375 e. The van der Waals surface area contributed by atoms with Crippen molar-refractivity contribution < 1.29 is 39.5 Å². The Morgan fingerprint density at radius 2 is 1.12 bits per heavy atom. The van der Waals surface area contributed by atoms with Gasteiger partial charge in [-0.2, -0.15) is 0 Å². The molecule has 0 rings (SSSR count). The lowest BCUT2D eigenvalue weighted by atomic mass is 10.4. The summed E-state index contributed by atoms with van der Waals surface area (Å²) >= 11 is 0. The van der Waals surface area contributed by atoms with Crippen LogP contribution in [0.25, 0.3) is 0 Å². The summed E-state index contributed by atoms with van der Waals surface area (Å²) < 4.78 is 9.03. The van der Waals surface area contributed by atoms with E-state index < -0.39 is 36.7 Å². The molecular formula is C8H12O8.